The Morgan fingerprint density at radius 2 is 1.96 bits per heavy atom. The van der Waals surface area contributed by atoms with E-state index in [2.05, 4.69) is 4.74 Å². The average Bonchev–Trinajstić information content (AvgIpc) is 2.64. The molecule has 2 aromatic carbocycles. The number of benzene rings is 2. The Bertz CT molecular complexity index is 809. The number of nitrogens with zero attached hydrogens (tertiary/aromatic N) is 1. The maximum Gasteiger partial charge on any atom is 0.387 e. The molecular weight excluding hydrogens is 359 g/mol. The third-order valence-electron chi connectivity index (χ3n) is 3.78. The van der Waals surface area contributed by atoms with Crippen LogP contribution in [0.2, 0.25) is 0 Å². The summed E-state index contributed by atoms with van der Waals surface area (Å²) >= 11 is 0. The molecule has 0 bridgehead atoms. The third-order valence-corrected chi connectivity index (χ3v) is 3.78. The van der Waals surface area contributed by atoms with Crippen LogP contribution in [0.4, 0.5) is 13.2 Å². The van der Waals surface area contributed by atoms with Crippen LogP contribution in [0.1, 0.15) is 18.1 Å². The van der Waals surface area contributed by atoms with Gasteiger partial charge in [-0.25, -0.2) is 4.39 Å². The van der Waals surface area contributed by atoms with E-state index >= 15 is 0 Å². The van der Waals surface area contributed by atoms with E-state index in [1.807, 2.05) is 6.92 Å². The van der Waals surface area contributed by atoms with Gasteiger partial charge in [-0.05, 0) is 48.4 Å². The van der Waals surface area contributed by atoms with Crippen molar-refractivity contribution in [3.63, 3.8) is 0 Å². The molecular formula is C20H20F3NO3. The second-order valence-corrected chi connectivity index (χ2v) is 5.60. The highest BCUT2D eigenvalue weighted by molar-refractivity contribution is 5.91. The lowest BCUT2D eigenvalue weighted by Crippen LogP contribution is -2.28. The standard InChI is InChI=1S/C20H20F3NO3/c1-3-24(13-15-5-4-6-16(21)11-15)19(25)10-8-14-7-9-17(27-20(22)23)18(12-14)26-2/h4-12,20H,3,13H2,1-2H3/b10-8+. The number of likely N-dealkylation sites (N-methyl/N-ethyl adjacent to an activating group) is 1. The summed E-state index contributed by atoms with van der Waals surface area (Å²) in [5, 5.41) is 0. The second kappa shape index (κ2) is 9.66. The Hall–Kier alpha value is -2.96. The Labute approximate surface area is 155 Å². The normalized spacial score (nSPS) is 11.0. The summed E-state index contributed by atoms with van der Waals surface area (Å²) in [6, 6.07) is 10.4. The molecule has 4 nitrogen and oxygen atoms in total. The Morgan fingerprint density at radius 1 is 1.19 bits per heavy atom. The third kappa shape index (κ3) is 6.06. The van der Waals surface area contributed by atoms with Gasteiger partial charge in [0, 0.05) is 19.2 Å². The van der Waals surface area contributed by atoms with E-state index < -0.39 is 6.61 Å². The van der Waals surface area contributed by atoms with Crippen LogP contribution in [-0.4, -0.2) is 31.1 Å². The van der Waals surface area contributed by atoms with Crippen molar-refractivity contribution in [3.05, 3.63) is 65.5 Å². The van der Waals surface area contributed by atoms with Crippen molar-refractivity contribution in [2.75, 3.05) is 13.7 Å². The maximum atomic E-state index is 13.3. The van der Waals surface area contributed by atoms with Crippen LogP contribution in [0, 0.1) is 5.82 Å². The fourth-order valence-electron chi connectivity index (χ4n) is 2.46. The SMILES string of the molecule is CCN(Cc1cccc(F)c1)C(=O)/C=C/c1ccc(OC(F)F)c(OC)c1. The number of halogens is 3. The van der Waals surface area contributed by atoms with Gasteiger partial charge in [0.25, 0.3) is 0 Å². The number of ether oxygens (including phenoxy) is 2. The lowest BCUT2D eigenvalue weighted by Gasteiger charge is -2.19. The van der Waals surface area contributed by atoms with E-state index in [4.69, 9.17) is 4.74 Å². The molecule has 0 aliphatic carbocycles. The first kappa shape index (κ1) is 20.4. The minimum absolute atomic E-state index is 0.0859. The zero-order chi connectivity index (χ0) is 19.8. The molecule has 0 saturated carbocycles. The molecule has 0 atom stereocenters. The van der Waals surface area contributed by atoms with Crippen LogP contribution >= 0.6 is 0 Å². The Morgan fingerprint density at radius 3 is 2.59 bits per heavy atom. The molecule has 0 N–H and O–H groups in total. The van der Waals surface area contributed by atoms with Crippen molar-refractivity contribution in [2.24, 2.45) is 0 Å². The highest BCUT2D eigenvalue weighted by atomic mass is 19.3. The molecule has 1 amide bonds. The zero-order valence-corrected chi connectivity index (χ0v) is 15.0. The Balaban J connectivity index is 2.09. The largest absolute Gasteiger partial charge is 0.493 e. The number of amides is 1. The fourth-order valence-corrected chi connectivity index (χ4v) is 2.46. The van der Waals surface area contributed by atoms with Gasteiger partial charge in [0.2, 0.25) is 5.91 Å². The van der Waals surface area contributed by atoms with E-state index in [1.165, 1.54) is 43.5 Å². The minimum Gasteiger partial charge on any atom is -0.493 e. The molecule has 0 saturated heterocycles. The first-order valence-electron chi connectivity index (χ1n) is 8.27. The molecule has 0 aromatic heterocycles. The summed E-state index contributed by atoms with van der Waals surface area (Å²) in [6.45, 7) is -0.404. The van der Waals surface area contributed by atoms with Crippen molar-refractivity contribution >= 4 is 12.0 Å². The monoisotopic (exact) mass is 379 g/mol. The van der Waals surface area contributed by atoms with E-state index in [0.29, 0.717) is 17.7 Å². The summed E-state index contributed by atoms with van der Waals surface area (Å²) in [5.74, 6) is -0.562. The molecule has 0 radical (unpaired) electrons. The predicted molar refractivity (Wildman–Crippen MR) is 96.2 cm³/mol. The summed E-state index contributed by atoms with van der Waals surface area (Å²) in [5.41, 5.74) is 1.28. The number of carbonyl (C=O) groups excluding carboxylic acids is 1. The fraction of sp³-hybridized carbons (Fsp3) is 0.250. The number of carbonyl (C=O) groups is 1. The molecule has 0 aliphatic rings. The van der Waals surface area contributed by atoms with Gasteiger partial charge in [-0.2, -0.15) is 8.78 Å². The van der Waals surface area contributed by atoms with Gasteiger partial charge >= 0.3 is 6.61 Å². The highest BCUT2D eigenvalue weighted by Gasteiger charge is 2.12. The Kier molecular flexibility index (Phi) is 7.28. The summed E-state index contributed by atoms with van der Waals surface area (Å²) in [7, 11) is 1.34. The molecule has 0 unspecified atom stereocenters. The zero-order valence-electron chi connectivity index (χ0n) is 15.0. The van der Waals surface area contributed by atoms with Gasteiger partial charge < -0.3 is 14.4 Å². The molecule has 0 heterocycles. The first-order chi connectivity index (χ1) is 12.9. The van der Waals surface area contributed by atoms with Gasteiger partial charge in [0.05, 0.1) is 7.11 Å². The molecule has 0 aliphatic heterocycles. The van der Waals surface area contributed by atoms with Gasteiger partial charge in [0.15, 0.2) is 11.5 Å². The van der Waals surface area contributed by atoms with Crippen LogP contribution in [0.3, 0.4) is 0 Å². The van der Waals surface area contributed by atoms with Crippen molar-refractivity contribution in [2.45, 2.75) is 20.1 Å². The molecule has 2 aromatic rings. The van der Waals surface area contributed by atoms with Crippen molar-refractivity contribution < 1.29 is 27.4 Å². The lowest BCUT2D eigenvalue weighted by atomic mass is 10.1. The number of hydrogen-bond donors (Lipinski definition) is 0. The van der Waals surface area contributed by atoms with Gasteiger partial charge in [-0.1, -0.05) is 18.2 Å². The highest BCUT2D eigenvalue weighted by Crippen LogP contribution is 2.29. The minimum atomic E-state index is -2.96. The molecule has 144 valence electrons. The lowest BCUT2D eigenvalue weighted by molar-refractivity contribution is -0.126. The van der Waals surface area contributed by atoms with Crippen LogP contribution < -0.4 is 9.47 Å². The van der Waals surface area contributed by atoms with Crippen molar-refractivity contribution in [1.82, 2.24) is 4.90 Å². The second-order valence-electron chi connectivity index (χ2n) is 5.60. The molecule has 2 rings (SSSR count). The van der Waals surface area contributed by atoms with E-state index in [0.717, 1.165) is 0 Å². The van der Waals surface area contributed by atoms with Crippen LogP contribution in [0.25, 0.3) is 6.08 Å². The quantitative estimate of drug-likeness (QED) is 0.634. The van der Waals surface area contributed by atoms with E-state index in [9.17, 15) is 18.0 Å². The molecule has 7 heteroatoms. The topological polar surface area (TPSA) is 38.8 Å². The van der Waals surface area contributed by atoms with Crippen molar-refractivity contribution in [1.29, 1.82) is 0 Å². The van der Waals surface area contributed by atoms with Crippen LogP contribution in [0.5, 0.6) is 11.5 Å². The number of rotatable bonds is 8. The van der Waals surface area contributed by atoms with E-state index in [1.54, 1.807) is 23.1 Å². The number of alkyl halides is 2. The van der Waals surface area contributed by atoms with Crippen molar-refractivity contribution in [3.8, 4) is 11.5 Å². The predicted octanol–water partition coefficient (Wildman–Crippen LogP) is 4.50. The molecule has 0 spiro atoms. The van der Waals surface area contributed by atoms with Crippen LogP contribution in [-0.2, 0) is 11.3 Å². The summed E-state index contributed by atoms with van der Waals surface area (Å²) < 4.78 is 47.4. The number of hydrogen-bond acceptors (Lipinski definition) is 3. The summed E-state index contributed by atoms with van der Waals surface area (Å²) in [4.78, 5) is 13.9. The van der Waals surface area contributed by atoms with E-state index in [-0.39, 0.29) is 29.8 Å². The summed E-state index contributed by atoms with van der Waals surface area (Å²) in [6.07, 6.45) is 2.91. The maximum absolute atomic E-state index is 13.3. The molecule has 0 fully saturated rings. The van der Waals surface area contributed by atoms with Gasteiger partial charge in [0.1, 0.15) is 5.82 Å². The molecule has 27 heavy (non-hydrogen) atoms. The van der Waals surface area contributed by atoms with Crippen LogP contribution in [0.15, 0.2) is 48.5 Å². The average molecular weight is 379 g/mol. The first-order valence-corrected chi connectivity index (χ1v) is 8.27. The van der Waals surface area contributed by atoms with Gasteiger partial charge in [-0.15, -0.1) is 0 Å². The van der Waals surface area contributed by atoms with Gasteiger partial charge in [-0.3, -0.25) is 4.79 Å². The number of methoxy groups -OCH3 is 1. The smallest absolute Gasteiger partial charge is 0.387 e.